The monoisotopic (exact) mass is 262 g/mol. The zero-order valence-corrected chi connectivity index (χ0v) is 10.3. The Morgan fingerprint density at radius 1 is 1.50 bits per heavy atom. The maximum absolute atomic E-state index is 11.2. The van der Waals surface area contributed by atoms with Crippen molar-refractivity contribution in [3.8, 4) is 0 Å². The molecular weight excluding hydrogens is 244 g/mol. The van der Waals surface area contributed by atoms with E-state index in [1.807, 2.05) is 0 Å². The molecule has 1 heterocycles. The van der Waals surface area contributed by atoms with Crippen LogP contribution in [0, 0.1) is 0 Å². The summed E-state index contributed by atoms with van der Waals surface area (Å²) in [5.74, 6) is -2.32. The molecule has 0 saturated carbocycles. The van der Waals surface area contributed by atoms with Crippen LogP contribution in [0.25, 0.3) is 0 Å². The van der Waals surface area contributed by atoms with E-state index in [9.17, 15) is 15.0 Å². The van der Waals surface area contributed by atoms with Gasteiger partial charge in [-0.1, -0.05) is 6.58 Å². The molecule has 1 fully saturated rings. The molecule has 0 radical (unpaired) electrons. The molecule has 0 aliphatic carbocycles. The first-order valence-electron chi connectivity index (χ1n) is 5.40. The first-order chi connectivity index (χ1) is 8.38. The van der Waals surface area contributed by atoms with Crippen LogP contribution >= 0.6 is 0 Å². The van der Waals surface area contributed by atoms with Crippen molar-refractivity contribution < 1.29 is 34.3 Å². The molecule has 3 N–H and O–H groups in total. The first-order valence-corrected chi connectivity index (χ1v) is 5.40. The van der Waals surface area contributed by atoms with E-state index in [1.54, 1.807) is 0 Å². The molecule has 0 spiro atoms. The van der Waals surface area contributed by atoms with E-state index < -0.39 is 36.7 Å². The maximum Gasteiger partial charge on any atom is 0.333 e. The summed E-state index contributed by atoms with van der Waals surface area (Å²) in [6, 6.07) is 0. The number of carbonyl (C=O) groups is 1. The lowest BCUT2D eigenvalue weighted by molar-refractivity contribution is -0.264. The van der Waals surface area contributed by atoms with Crippen LogP contribution in [-0.2, 0) is 19.0 Å². The van der Waals surface area contributed by atoms with Gasteiger partial charge in [0.15, 0.2) is 0 Å². The van der Waals surface area contributed by atoms with Crippen LogP contribution in [0.4, 0.5) is 0 Å². The van der Waals surface area contributed by atoms with E-state index in [0.29, 0.717) is 0 Å². The van der Waals surface area contributed by atoms with Gasteiger partial charge >= 0.3 is 5.97 Å². The molecule has 0 bridgehead atoms. The van der Waals surface area contributed by atoms with Gasteiger partial charge in [-0.25, -0.2) is 4.79 Å². The number of ether oxygens (including phenoxy) is 3. The smallest absolute Gasteiger partial charge is 0.333 e. The number of hydrogen-bond acceptors (Lipinski definition) is 7. The number of methoxy groups -OCH3 is 1. The van der Waals surface area contributed by atoms with Crippen LogP contribution in [0.2, 0.25) is 0 Å². The van der Waals surface area contributed by atoms with Crippen molar-refractivity contribution in [2.24, 2.45) is 0 Å². The lowest BCUT2D eigenvalue weighted by atomic mass is 10.1. The van der Waals surface area contributed by atoms with Gasteiger partial charge in [-0.2, -0.15) is 0 Å². The quantitative estimate of drug-likeness (QED) is 0.411. The predicted octanol–water partition coefficient (Wildman–Crippen LogP) is -1.44. The Morgan fingerprint density at radius 3 is 2.50 bits per heavy atom. The number of hydrogen-bond donors (Lipinski definition) is 3. The molecule has 18 heavy (non-hydrogen) atoms. The summed E-state index contributed by atoms with van der Waals surface area (Å²) in [5.41, 5.74) is 0.211. The fourth-order valence-corrected chi connectivity index (χ4v) is 1.64. The van der Waals surface area contributed by atoms with Crippen molar-refractivity contribution in [1.82, 2.24) is 0 Å². The van der Waals surface area contributed by atoms with E-state index in [0.717, 1.165) is 0 Å². The Labute approximate surface area is 105 Å². The van der Waals surface area contributed by atoms with Crippen LogP contribution in [0.3, 0.4) is 0 Å². The summed E-state index contributed by atoms with van der Waals surface area (Å²) in [4.78, 5) is 11.2. The Kier molecular flexibility index (Phi) is 4.83. The van der Waals surface area contributed by atoms with E-state index in [-0.39, 0.29) is 12.2 Å². The highest BCUT2D eigenvalue weighted by molar-refractivity contribution is 5.86. The molecule has 7 nitrogen and oxygen atoms in total. The van der Waals surface area contributed by atoms with Crippen LogP contribution in [0.5, 0.6) is 0 Å². The average molecular weight is 262 g/mol. The minimum absolute atomic E-state index is 0.211. The zero-order chi connectivity index (χ0) is 13.9. The SMILES string of the molecule is C=C(C)C(=O)OC[C@H]1O[C@@](CO)(OC)[C@@H](O)[C@@H]1O. The zero-order valence-electron chi connectivity index (χ0n) is 10.3. The Hall–Kier alpha value is -0.990. The highest BCUT2D eigenvalue weighted by Gasteiger charge is 2.54. The molecule has 0 unspecified atom stereocenters. The molecule has 1 aliphatic heterocycles. The van der Waals surface area contributed by atoms with Crippen molar-refractivity contribution >= 4 is 5.97 Å². The Balaban J connectivity index is 2.64. The summed E-state index contributed by atoms with van der Waals surface area (Å²) < 4.78 is 14.9. The third-order valence-corrected chi connectivity index (χ3v) is 2.80. The van der Waals surface area contributed by atoms with E-state index >= 15 is 0 Å². The van der Waals surface area contributed by atoms with E-state index in [4.69, 9.17) is 19.3 Å². The normalized spacial score (nSPS) is 35.5. The van der Waals surface area contributed by atoms with E-state index in [1.165, 1.54) is 14.0 Å². The van der Waals surface area contributed by atoms with Crippen LogP contribution < -0.4 is 0 Å². The second kappa shape index (κ2) is 5.77. The van der Waals surface area contributed by atoms with Gasteiger partial charge in [0.25, 0.3) is 0 Å². The van der Waals surface area contributed by atoms with Gasteiger partial charge in [0.05, 0.1) is 0 Å². The summed E-state index contributed by atoms with van der Waals surface area (Å²) in [5, 5.41) is 28.6. The summed E-state index contributed by atoms with van der Waals surface area (Å²) >= 11 is 0. The summed E-state index contributed by atoms with van der Waals surface area (Å²) in [6.07, 6.45) is -3.73. The molecule has 104 valence electrons. The van der Waals surface area contributed by atoms with Crippen molar-refractivity contribution in [3.63, 3.8) is 0 Å². The molecule has 1 rings (SSSR count). The fourth-order valence-electron chi connectivity index (χ4n) is 1.64. The Morgan fingerprint density at radius 2 is 2.11 bits per heavy atom. The van der Waals surface area contributed by atoms with Crippen molar-refractivity contribution in [2.75, 3.05) is 20.3 Å². The molecular formula is C11H18O7. The van der Waals surface area contributed by atoms with Gasteiger partial charge in [0, 0.05) is 12.7 Å². The van der Waals surface area contributed by atoms with Crippen molar-refractivity contribution in [2.45, 2.75) is 31.0 Å². The van der Waals surface area contributed by atoms with Crippen LogP contribution in [0.15, 0.2) is 12.2 Å². The molecule has 0 amide bonds. The average Bonchev–Trinajstić information content (AvgIpc) is 2.60. The van der Waals surface area contributed by atoms with Gasteiger partial charge < -0.3 is 29.5 Å². The van der Waals surface area contributed by atoms with E-state index in [2.05, 4.69) is 6.58 Å². The second-order valence-corrected chi connectivity index (χ2v) is 4.14. The highest BCUT2D eigenvalue weighted by atomic mass is 16.7. The lowest BCUT2D eigenvalue weighted by Gasteiger charge is -2.27. The summed E-state index contributed by atoms with van der Waals surface area (Å²) in [7, 11) is 1.23. The van der Waals surface area contributed by atoms with Gasteiger partial charge in [0.2, 0.25) is 5.79 Å². The van der Waals surface area contributed by atoms with Gasteiger partial charge in [-0.15, -0.1) is 0 Å². The second-order valence-electron chi connectivity index (χ2n) is 4.14. The lowest BCUT2D eigenvalue weighted by Crippen LogP contribution is -2.47. The predicted molar refractivity (Wildman–Crippen MR) is 59.5 cm³/mol. The molecule has 7 heteroatoms. The number of aliphatic hydroxyl groups excluding tert-OH is 3. The number of carbonyl (C=O) groups excluding carboxylic acids is 1. The molecule has 0 aromatic rings. The first kappa shape index (κ1) is 15.1. The van der Waals surface area contributed by atoms with Gasteiger partial charge in [0.1, 0.15) is 31.5 Å². The van der Waals surface area contributed by atoms with Crippen LogP contribution in [0.1, 0.15) is 6.92 Å². The van der Waals surface area contributed by atoms with Gasteiger partial charge in [-0.3, -0.25) is 0 Å². The third kappa shape index (κ3) is 2.70. The largest absolute Gasteiger partial charge is 0.459 e. The highest BCUT2D eigenvalue weighted by Crippen LogP contribution is 2.31. The number of esters is 1. The minimum Gasteiger partial charge on any atom is -0.459 e. The fraction of sp³-hybridized carbons (Fsp3) is 0.727. The van der Waals surface area contributed by atoms with Gasteiger partial charge in [-0.05, 0) is 6.92 Å². The Bertz CT molecular complexity index is 323. The standard InChI is InChI=1S/C11H18O7/c1-6(2)10(15)17-4-7-8(13)9(14)11(5-12,16-3)18-7/h7-9,12-14H,1,4-5H2,2-3H3/t7-,8-,9+,11-/m1/s1. The molecule has 4 atom stereocenters. The number of aliphatic hydroxyl groups is 3. The maximum atomic E-state index is 11.2. The third-order valence-electron chi connectivity index (χ3n) is 2.80. The number of rotatable bonds is 5. The van der Waals surface area contributed by atoms with Crippen molar-refractivity contribution in [1.29, 1.82) is 0 Å². The molecule has 0 aromatic heterocycles. The molecule has 0 aromatic carbocycles. The molecule has 1 saturated heterocycles. The minimum atomic E-state index is -1.69. The van der Waals surface area contributed by atoms with Crippen LogP contribution in [-0.4, -0.2) is 65.7 Å². The topological polar surface area (TPSA) is 105 Å². The molecule has 1 aliphatic rings. The summed E-state index contributed by atoms with van der Waals surface area (Å²) in [6.45, 7) is 3.98. The van der Waals surface area contributed by atoms with Crippen molar-refractivity contribution in [3.05, 3.63) is 12.2 Å².